The molecule has 17 heavy (non-hydrogen) atoms. The third-order valence-corrected chi connectivity index (χ3v) is 2.61. The maximum atomic E-state index is 5.87. The second kappa shape index (κ2) is 3.71. The fraction of sp³-hybridized carbons (Fsp3) is 0. The van der Waals surface area contributed by atoms with Crippen molar-refractivity contribution in [3.05, 3.63) is 41.8 Å². The zero-order valence-electron chi connectivity index (χ0n) is 8.71. The highest BCUT2D eigenvalue weighted by Gasteiger charge is 2.07. The molecule has 3 rings (SSSR count). The standard InChI is InChI=1S/C11H8ClN5/c12-9-1-2-11-15-6-8(17(11)16-9)7-3-4-14-10(13)5-7/h1-6H,(H2,13,14). The average Bonchev–Trinajstić information content (AvgIpc) is 2.71. The number of hydrogen-bond acceptors (Lipinski definition) is 4. The third kappa shape index (κ3) is 1.70. The molecule has 3 aromatic rings. The van der Waals surface area contributed by atoms with E-state index in [1.807, 2.05) is 12.1 Å². The lowest BCUT2D eigenvalue weighted by Crippen LogP contribution is -1.95. The van der Waals surface area contributed by atoms with Gasteiger partial charge in [-0.1, -0.05) is 11.6 Å². The molecule has 0 aliphatic heterocycles. The second-order valence-corrected chi connectivity index (χ2v) is 3.93. The molecule has 6 heteroatoms. The first kappa shape index (κ1) is 10.0. The molecule has 3 heterocycles. The number of nitrogens with zero attached hydrogens (tertiary/aromatic N) is 4. The van der Waals surface area contributed by atoms with Crippen LogP contribution in [-0.2, 0) is 0 Å². The Balaban J connectivity index is 2.27. The van der Waals surface area contributed by atoms with E-state index in [9.17, 15) is 0 Å². The Labute approximate surface area is 102 Å². The largest absolute Gasteiger partial charge is 0.384 e. The Kier molecular flexibility index (Phi) is 2.19. The molecule has 84 valence electrons. The van der Waals surface area contributed by atoms with Crippen molar-refractivity contribution in [1.82, 2.24) is 19.6 Å². The maximum Gasteiger partial charge on any atom is 0.154 e. The van der Waals surface area contributed by atoms with Crippen molar-refractivity contribution >= 4 is 23.1 Å². The minimum Gasteiger partial charge on any atom is -0.384 e. The van der Waals surface area contributed by atoms with Crippen LogP contribution >= 0.6 is 11.6 Å². The monoisotopic (exact) mass is 245 g/mol. The van der Waals surface area contributed by atoms with Crippen LogP contribution in [0.15, 0.2) is 36.7 Å². The van der Waals surface area contributed by atoms with Crippen molar-refractivity contribution in [3.63, 3.8) is 0 Å². The Bertz CT molecular complexity index is 691. The smallest absolute Gasteiger partial charge is 0.154 e. The molecule has 0 saturated heterocycles. The summed E-state index contributed by atoms with van der Waals surface area (Å²) in [6.45, 7) is 0. The van der Waals surface area contributed by atoms with Gasteiger partial charge in [0.25, 0.3) is 0 Å². The number of nitrogens with two attached hydrogens (primary N) is 1. The van der Waals surface area contributed by atoms with Crippen LogP contribution in [-0.4, -0.2) is 19.6 Å². The van der Waals surface area contributed by atoms with E-state index < -0.39 is 0 Å². The summed E-state index contributed by atoms with van der Waals surface area (Å²) in [5.74, 6) is 0.458. The maximum absolute atomic E-state index is 5.87. The van der Waals surface area contributed by atoms with Gasteiger partial charge in [-0.05, 0) is 24.3 Å². The number of pyridine rings is 1. The summed E-state index contributed by atoms with van der Waals surface area (Å²) in [6.07, 6.45) is 3.38. The van der Waals surface area contributed by atoms with E-state index in [0.29, 0.717) is 11.0 Å². The Morgan fingerprint density at radius 1 is 1.18 bits per heavy atom. The molecular weight excluding hydrogens is 238 g/mol. The molecule has 0 aromatic carbocycles. The lowest BCUT2D eigenvalue weighted by Gasteiger charge is -2.01. The summed E-state index contributed by atoms with van der Waals surface area (Å²) in [5, 5.41) is 4.62. The fourth-order valence-electron chi connectivity index (χ4n) is 1.66. The molecule has 0 saturated carbocycles. The summed E-state index contributed by atoms with van der Waals surface area (Å²) in [6, 6.07) is 7.13. The van der Waals surface area contributed by atoms with Crippen LogP contribution in [0.3, 0.4) is 0 Å². The van der Waals surface area contributed by atoms with Crippen LogP contribution in [0.1, 0.15) is 0 Å². The number of aromatic nitrogens is 4. The first-order chi connectivity index (χ1) is 8.24. The first-order valence-corrected chi connectivity index (χ1v) is 5.34. The topological polar surface area (TPSA) is 69.1 Å². The molecule has 0 unspecified atom stereocenters. The lowest BCUT2D eigenvalue weighted by molar-refractivity contribution is 0.943. The molecule has 0 atom stereocenters. The fourth-order valence-corrected chi connectivity index (χ4v) is 1.79. The molecule has 0 amide bonds. The molecule has 0 spiro atoms. The zero-order chi connectivity index (χ0) is 11.8. The zero-order valence-corrected chi connectivity index (χ0v) is 9.46. The molecule has 2 N–H and O–H groups in total. The highest BCUT2D eigenvalue weighted by atomic mass is 35.5. The van der Waals surface area contributed by atoms with E-state index >= 15 is 0 Å². The summed E-state index contributed by atoms with van der Waals surface area (Å²) in [4.78, 5) is 8.20. The summed E-state index contributed by atoms with van der Waals surface area (Å²) in [5.41, 5.74) is 8.12. The summed E-state index contributed by atoms with van der Waals surface area (Å²) in [7, 11) is 0. The van der Waals surface area contributed by atoms with Crippen LogP contribution in [0.5, 0.6) is 0 Å². The molecule has 0 aliphatic rings. The van der Waals surface area contributed by atoms with Gasteiger partial charge in [-0.25, -0.2) is 14.5 Å². The molecule has 0 fully saturated rings. The van der Waals surface area contributed by atoms with Crippen molar-refractivity contribution in [2.75, 3.05) is 5.73 Å². The van der Waals surface area contributed by atoms with Gasteiger partial charge in [-0.15, -0.1) is 0 Å². The van der Waals surface area contributed by atoms with Crippen molar-refractivity contribution in [1.29, 1.82) is 0 Å². The van der Waals surface area contributed by atoms with Crippen molar-refractivity contribution in [2.45, 2.75) is 0 Å². The van der Waals surface area contributed by atoms with E-state index in [2.05, 4.69) is 15.1 Å². The SMILES string of the molecule is Nc1cc(-c2cnc3ccc(Cl)nn23)ccn1. The molecular formula is C11H8ClN5. The second-order valence-electron chi connectivity index (χ2n) is 3.54. The predicted molar refractivity (Wildman–Crippen MR) is 65.6 cm³/mol. The van der Waals surface area contributed by atoms with E-state index in [0.717, 1.165) is 16.9 Å². The molecule has 5 nitrogen and oxygen atoms in total. The molecule has 0 radical (unpaired) electrons. The highest BCUT2D eigenvalue weighted by molar-refractivity contribution is 6.29. The van der Waals surface area contributed by atoms with Crippen molar-refractivity contribution in [2.24, 2.45) is 0 Å². The lowest BCUT2D eigenvalue weighted by atomic mass is 10.2. The average molecular weight is 246 g/mol. The Morgan fingerprint density at radius 3 is 2.88 bits per heavy atom. The van der Waals surface area contributed by atoms with Gasteiger partial charge in [0.05, 0.1) is 11.9 Å². The molecule has 0 aliphatic carbocycles. The van der Waals surface area contributed by atoms with Gasteiger partial charge in [-0.2, -0.15) is 5.10 Å². The van der Waals surface area contributed by atoms with E-state index in [4.69, 9.17) is 17.3 Å². The summed E-state index contributed by atoms with van der Waals surface area (Å²) < 4.78 is 1.68. The van der Waals surface area contributed by atoms with Crippen molar-refractivity contribution in [3.8, 4) is 11.3 Å². The minimum atomic E-state index is 0.416. The number of fused-ring (bicyclic) bond motifs is 1. The van der Waals surface area contributed by atoms with E-state index in [1.54, 1.807) is 29.0 Å². The number of nitrogen functional groups attached to an aromatic ring is 1. The van der Waals surface area contributed by atoms with Crippen LogP contribution < -0.4 is 5.73 Å². The van der Waals surface area contributed by atoms with Gasteiger partial charge in [0.1, 0.15) is 11.0 Å². The van der Waals surface area contributed by atoms with Gasteiger partial charge < -0.3 is 5.73 Å². The molecule has 3 aromatic heterocycles. The quantitative estimate of drug-likeness (QED) is 0.712. The summed E-state index contributed by atoms with van der Waals surface area (Å²) >= 11 is 5.87. The number of imidazole rings is 1. The normalized spacial score (nSPS) is 10.9. The third-order valence-electron chi connectivity index (χ3n) is 2.41. The van der Waals surface area contributed by atoms with Crippen LogP contribution in [0, 0.1) is 0 Å². The first-order valence-electron chi connectivity index (χ1n) is 4.96. The van der Waals surface area contributed by atoms with Gasteiger partial charge in [0.2, 0.25) is 0 Å². The predicted octanol–water partition coefficient (Wildman–Crippen LogP) is 2.03. The van der Waals surface area contributed by atoms with Crippen LogP contribution in [0.2, 0.25) is 5.15 Å². The number of hydrogen-bond donors (Lipinski definition) is 1. The van der Waals surface area contributed by atoms with Crippen LogP contribution in [0.4, 0.5) is 5.82 Å². The van der Waals surface area contributed by atoms with Crippen LogP contribution in [0.25, 0.3) is 16.9 Å². The van der Waals surface area contributed by atoms with Gasteiger partial charge in [0.15, 0.2) is 5.65 Å². The van der Waals surface area contributed by atoms with Gasteiger partial charge >= 0.3 is 0 Å². The number of rotatable bonds is 1. The Hall–Kier alpha value is -2.14. The van der Waals surface area contributed by atoms with Gasteiger partial charge in [-0.3, -0.25) is 0 Å². The highest BCUT2D eigenvalue weighted by Crippen LogP contribution is 2.21. The number of anilines is 1. The Morgan fingerprint density at radius 2 is 2.06 bits per heavy atom. The van der Waals surface area contributed by atoms with Gasteiger partial charge in [0, 0.05) is 11.8 Å². The molecule has 0 bridgehead atoms. The van der Waals surface area contributed by atoms with Crippen molar-refractivity contribution < 1.29 is 0 Å². The minimum absolute atomic E-state index is 0.416. The van der Waals surface area contributed by atoms with E-state index in [-0.39, 0.29) is 0 Å². The van der Waals surface area contributed by atoms with E-state index in [1.165, 1.54) is 0 Å². The number of halogens is 1.